The van der Waals surface area contributed by atoms with Crippen LogP contribution in [0.25, 0.3) is 0 Å². The van der Waals surface area contributed by atoms with Gasteiger partial charge < -0.3 is 9.64 Å². The Morgan fingerprint density at radius 1 is 1.24 bits per heavy atom. The molecule has 0 atom stereocenters. The van der Waals surface area contributed by atoms with Gasteiger partial charge in [0.2, 0.25) is 0 Å². The van der Waals surface area contributed by atoms with Crippen LogP contribution in [-0.4, -0.2) is 35.0 Å². The molecule has 4 nitrogen and oxygen atoms in total. The molecule has 1 aliphatic rings. The molecule has 0 unspecified atom stereocenters. The van der Waals surface area contributed by atoms with Gasteiger partial charge in [-0.1, -0.05) is 17.2 Å². The molecule has 0 radical (unpaired) electrons. The van der Waals surface area contributed by atoms with Crippen LogP contribution in [0.1, 0.15) is 21.5 Å². The third-order valence-electron chi connectivity index (χ3n) is 3.54. The minimum absolute atomic E-state index is 0.0593. The lowest BCUT2D eigenvalue weighted by molar-refractivity contribution is 0.0176. The Balaban J connectivity index is 1.59. The summed E-state index contributed by atoms with van der Waals surface area (Å²) in [6, 6.07) is 9.66. The first-order chi connectivity index (χ1) is 10.1. The van der Waals surface area contributed by atoms with E-state index in [0.29, 0.717) is 13.1 Å². The first-order valence-corrected chi connectivity index (χ1v) is 7.06. The molecule has 108 valence electrons. The molecule has 1 aromatic carbocycles. The molecular weight excluding hydrogens is 264 g/mol. The zero-order valence-corrected chi connectivity index (χ0v) is 12.2. The molecule has 4 heteroatoms. The van der Waals surface area contributed by atoms with Crippen molar-refractivity contribution in [2.75, 3.05) is 13.1 Å². The summed E-state index contributed by atoms with van der Waals surface area (Å²) < 4.78 is 5.76. The number of pyridine rings is 1. The van der Waals surface area contributed by atoms with E-state index in [1.807, 2.05) is 43.0 Å². The molecule has 2 heterocycles. The number of carbonyl (C=O) groups is 1. The van der Waals surface area contributed by atoms with E-state index in [4.69, 9.17) is 4.74 Å². The average Bonchev–Trinajstić information content (AvgIpc) is 2.42. The van der Waals surface area contributed by atoms with E-state index in [-0.39, 0.29) is 12.0 Å². The van der Waals surface area contributed by atoms with E-state index in [0.717, 1.165) is 22.4 Å². The molecule has 3 rings (SSSR count). The van der Waals surface area contributed by atoms with Gasteiger partial charge in [0, 0.05) is 11.8 Å². The number of nitrogens with zero attached hydrogens (tertiary/aromatic N) is 2. The number of carbonyl (C=O) groups excluding carboxylic acids is 1. The number of likely N-dealkylation sites (tertiary alicyclic amines) is 1. The molecular formula is C17H18N2O2. The van der Waals surface area contributed by atoms with Gasteiger partial charge in [0.15, 0.2) is 0 Å². The largest absolute Gasteiger partial charge is 0.485 e. The Morgan fingerprint density at radius 3 is 2.57 bits per heavy atom. The smallest absolute Gasteiger partial charge is 0.254 e. The number of aromatic nitrogens is 1. The van der Waals surface area contributed by atoms with Gasteiger partial charge in [0.1, 0.15) is 11.9 Å². The van der Waals surface area contributed by atoms with Crippen LogP contribution in [0.2, 0.25) is 0 Å². The van der Waals surface area contributed by atoms with Gasteiger partial charge >= 0.3 is 0 Å². The summed E-state index contributed by atoms with van der Waals surface area (Å²) in [5.41, 5.74) is 2.98. The molecule has 0 saturated carbocycles. The molecule has 0 aliphatic carbocycles. The number of rotatable bonds is 3. The van der Waals surface area contributed by atoms with Crippen molar-refractivity contribution >= 4 is 5.91 Å². The summed E-state index contributed by atoms with van der Waals surface area (Å²) in [7, 11) is 0. The second kappa shape index (κ2) is 5.56. The van der Waals surface area contributed by atoms with Gasteiger partial charge in [0.05, 0.1) is 19.3 Å². The fraction of sp³-hybridized carbons (Fsp3) is 0.294. The third kappa shape index (κ3) is 3.05. The summed E-state index contributed by atoms with van der Waals surface area (Å²) in [4.78, 5) is 18.2. The fourth-order valence-corrected chi connectivity index (χ4v) is 2.57. The van der Waals surface area contributed by atoms with E-state index in [9.17, 15) is 4.79 Å². The maximum absolute atomic E-state index is 12.4. The van der Waals surface area contributed by atoms with Crippen molar-refractivity contribution in [2.45, 2.75) is 20.0 Å². The average molecular weight is 282 g/mol. The van der Waals surface area contributed by atoms with Crippen molar-refractivity contribution in [3.05, 3.63) is 59.4 Å². The van der Waals surface area contributed by atoms with Crippen LogP contribution < -0.4 is 4.74 Å². The molecule has 2 aromatic rings. The lowest BCUT2D eigenvalue weighted by Gasteiger charge is -2.39. The summed E-state index contributed by atoms with van der Waals surface area (Å²) in [5, 5.41) is 0. The lowest BCUT2D eigenvalue weighted by Crippen LogP contribution is -2.56. The van der Waals surface area contributed by atoms with Crippen LogP contribution in [0.4, 0.5) is 0 Å². The number of amides is 1. The van der Waals surface area contributed by atoms with Crippen molar-refractivity contribution in [2.24, 2.45) is 0 Å². The molecule has 21 heavy (non-hydrogen) atoms. The summed E-state index contributed by atoms with van der Waals surface area (Å²) in [5.74, 6) is 0.828. The number of hydrogen-bond donors (Lipinski definition) is 0. The predicted molar refractivity (Wildman–Crippen MR) is 80.5 cm³/mol. The maximum Gasteiger partial charge on any atom is 0.254 e. The van der Waals surface area contributed by atoms with Crippen LogP contribution in [0.3, 0.4) is 0 Å². The highest BCUT2D eigenvalue weighted by Crippen LogP contribution is 2.20. The maximum atomic E-state index is 12.4. The Bertz CT molecular complexity index is 629. The van der Waals surface area contributed by atoms with Crippen LogP contribution in [0.5, 0.6) is 5.75 Å². The third-order valence-corrected chi connectivity index (χ3v) is 3.54. The molecule has 1 aromatic heterocycles. The molecule has 0 spiro atoms. The number of aryl methyl sites for hydroxylation is 2. The van der Waals surface area contributed by atoms with Crippen molar-refractivity contribution < 1.29 is 9.53 Å². The highest BCUT2D eigenvalue weighted by Gasteiger charge is 2.32. The minimum atomic E-state index is 0.0593. The van der Waals surface area contributed by atoms with Crippen molar-refractivity contribution in [3.8, 4) is 5.75 Å². The quantitative estimate of drug-likeness (QED) is 0.869. The minimum Gasteiger partial charge on any atom is -0.485 e. The predicted octanol–water partition coefficient (Wildman–Crippen LogP) is 2.60. The Morgan fingerprint density at radius 2 is 1.95 bits per heavy atom. The van der Waals surface area contributed by atoms with Gasteiger partial charge in [-0.2, -0.15) is 0 Å². The first-order valence-electron chi connectivity index (χ1n) is 7.06. The van der Waals surface area contributed by atoms with Crippen LogP contribution in [0.15, 0.2) is 42.7 Å². The van der Waals surface area contributed by atoms with E-state index in [2.05, 4.69) is 11.1 Å². The second-order valence-corrected chi connectivity index (χ2v) is 5.52. The van der Waals surface area contributed by atoms with Crippen molar-refractivity contribution in [1.82, 2.24) is 9.88 Å². The van der Waals surface area contributed by atoms with Crippen LogP contribution in [0, 0.1) is 13.8 Å². The van der Waals surface area contributed by atoms with Gasteiger partial charge in [-0.15, -0.1) is 0 Å². The molecule has 1 fully saturated rings. The topological polar surface area (TPSA) is 42.4 Å². The second-order valence-electron chi connectivity index (χ2n) is 5.52. The highest BCUT2D eigenvalue weighted by molar-refractivity contribution is 5.95. The highest BCUT2D eigenvalue weighted by atomic mass is 16.5. The van der Waals surface area contributed by atoms with Gasteiger partial charge in [0.25, 0.3) is 5.91 Å². The SMILES string of the molecule is Cc1cc(C)cc(C(=O)N2CC(Oc3cccnc3)C2)c1. The van der Waals surface area contributed by atoms with E-state index < -0.39 is 0 Å². The van der Waals surface area contributed by atoms with Crippen molar-refractivity contribution in [1.29, 1.82) is 0 Å². The Kier molecular flexibility index (Phi) is 3.60. The monoisotopic (exact) mass is 282 g/mol. The summed E-state index contributed by atoms with van der Waals surface area (Å²) in [6.07, 6.45) is 3.46. The Labute approximate surface area is 124 Å². The molecule has 0 bridgehead atoms. The molecule has 1 aliphatic heterocycles. The standard InChI is InChI=1S/C17H18N2O2/c1-12-6-13(2)8-14(7-12)17(20)19-10-16(11-19)21-15-4-3-5-18-9-15/h3-9,16H,10-11H2,1-2H3. The Hall–Kier alpha value is -2.36. The summed E-state index contributed by atoms with van der Waals surface area (Å²) in [6.45, 7) is 5.27. The van der Waals surface area contributed by atoms with Crippen molar-refractivity contribution in [3.63, 3.8) is 0 Å². The zero-order valence-electron chi connectivity index (χ0n) is 12.2. The lowest BCUT2D eigenvalue weighted by atomic mass is 10.0. The summed E-state index contributed by atoms with van der Waals surface area (Å²) >= 11 is 0. The molecule has 1 saturated heterocycles. The van der Waals surface area contributed by atoms with E-state index in [1.165, 1.54) is 0 Å². The van der Waals surface area contributed by atoms with Gasteiger partial charge in [-0.3, -0.25) is 9.78 Å². The molecule has 0 N–H and O–H groups in total. The zero-order chi connectivity index (χ0) is 14.8. The van der Waals surface area contributed by atoms with Crippen LogP contribution in [-0.2, 0) is 0 Å². The van der Waals surface area contributed by atoms with E-state index in [1.54, 1.807) is 12.4 Å². The fourth-order valence-electron chi connectivity index (χ4n) is 2.57. The number of ether oxygens (including phenoxy) is 1. The van der Waals surface area contributed by atoms with Gasteiger partial charge in [-0.05, 0) is 38.1 Å². The number of hydrogen-bond acceptors (Lipinski definition) is 3. The van der Waals surface area contributed by atoms with Gasteiger partial charge in [-0.25, -0.2) is 0 Å². The number of benzene rings is 1. The normalized spacial score (nSPS) is 14.7. The molecule has 1 amide bonds. The van der Waals surface area contributed by atoms with Crippen LogP contribution >= 0.6 is 0 Å². The van der Waals surface area contributed by atoms with E-state index >= 15 is 0 Å². The first kappa shape index (κ1) is 13.6.